The SMILES string of the molecule is O=C(C[NH+]1CCN(c2cccc(Cl)c2)CC1)N(Cc1ccccc1F)C1CC1. The molecule has 2 aromatic rings. The molecule has 0 atom stereocenters. The number of carbonyl (C=O) groups is 1. The van der Waals surface area contributed by atoms with Crippen LogP contribution >= 0.6 is 11.6 Å². The van der Waals surface area contributed by atoms with Crippen LogP contribution in [0, 0.1) is 5.82 Å². The number of amides is 1. The van der Waals surface area contributed by atoms with Crippen molar-refractivity contribution in [2.24, 2.45) is 0 Å². The van der Waals surface area contributed by atoms with Crippen molar-refractivity contribution in [3.63, 3.8) is 0 Å². The number of piperazine rings is 1. The number of nitrogens with one attached hydrogen (secondary N) is 1. The first-order valence-electron chi connectivity index (χ1n) is 9.97. The zero-order valence-corrected chi connectivity index (χ0v) is 16.7. The van der Waals surface area contributed by atoms with Crippen LogP contribution in [0.1, 0.15) is 18.4 Å². The molecule has 148 valence electrons. The maximum absolute atomic E-state index is 14.0. The fourth-order valence-electron chi connectivity index (χ4n) is 3.86. The fourth-order valence-corrected chi connectivity index (χ4v) is 4.05. The molecular weight excluding hydrogens is 377 g/mol. The summed E-state index contributed by atoms with van der Waals surface area (Å²) in [5.41, 5.74) is 1.74. The van der Waals surface area contributed by atoms with Gasteiger partial charge in [0.2, 0.25) is 0 Å². The van der Waals surface area contributed by atoms with Gasteiger partial charge in [0.05, 0.1) is 26.2 Å². The quantitative estimate of drug-likeness (QED) is 0.803. The van der Waals surface area contributed by atoms with Gasteiger partial charge in [-0.3, -0.25) is 4.79 Å². The van der Waals surface area contributed by atoms with Crippen LogP contribution in [-0.2, 0) is 11.3 Å². The molecule has 2 aromatic carbocycles. The summed E-state index contributed by atoms with van der Waals surface area (Å²) in [6.45, 7) is 4.48. The molecule has 1 heterocycles. The summed E-state index contributed by atoms with van der Waals surface area (Å²) in [7, 11) is 0. The first-order chi connectivity index (χ1) is 13.6. The Labute approximate surface area is 170 Å². The highest BCUT2D eigenvalue weighted by molar-refractivity contribution is 6.30. The third-order valence-corrected chi connectivity index (χ3v) is 5.89. The van der Waals surface area contributed by atoms with E-state index in [9.17, 15) is 9.18 Å². The number of carbonyl (C=O) groups excluding carboxylic acids is 1. The number of hydrogen-bond acceptors (Lipinski definition) is 2. The van der Waals surface area contributed by atoms with Gasteiger partial charge in [0, 0.05) is 28.9 Å². The Morgan fingerprint density at radius 1 is 1.14 bits per heavy atom. The summed E-state index contributed by atoms with van der Waals surface area (Å²) < 4.78 is 14.0. The molecule has 2 aliphatic rings. The van der Waals surface area contributed by atoms with Crippen LogP contribution in [0.5, 0.6) is 0 Å². The van der Waals surface area contributed by atoms with Crippen LogP contribution in [0.4, 0.5) is 10.1 Å². The molecule has 1 N–H and O–H groups in total. The molecule has 1 aliphatic carbocycles. The maximum atomic E-state index is 14.0. The van der Waals surface area contributed by atoms with Gasteiger partial charge in [-0.05, 0) is 37.1 Å². The predicted octanol–water partition coefficient (Wildman–Crippen LogP) is 2.38. The standard InChI is InChI=1S/C22H25ClFN3O/c23-18-5-3-6-20(14-18)26-12-10-25(11-13-26)16-22(28)27(19-8-9-19)15-17-4-1-2-7-21(17)24/h1-7,14,19H,8-13,15-16H2/p+1. The topological polar surface area (TPSA) is 28.0 Å². The number of rotatable bonds is 6. The fraction of sp³-hybridized carbons (Fsp3) is 0.409. The van der Waals surface area contributed by atoms with Gasteiger partial charge in [-0.1, -0.05) is 35.9 Å². The van der Waals surface area contributed by atoms with Crippen LogP contribution in [0.15, 0.2) is 48.5 Å². The zero-order chi connectivity index (χ0) is 19.5. The number of hydrogen-bond donors (Lipinski definition) is 1. The molecule has 0 radical (unpaired) electrons. The normalized spacial score (nSPS) is 17.6. The molecule has 1 saturated heterocycles. The Balaban J connectivity index is 1.33. The Morgan fingerprint density at radius 3 is 2.57 bits per heavy atom. The van der Waals surface area contributed by atoms with E-state index in [0.29, 0.717) is 18.7 Å². The lowest BCUT2D eigenvalue weighted by molar-refractivity contribution is -0.892. The third kappa shape index (κ3) is 4.65. The molecule has 1 aliphatic heterocycles. The molecule has 0 unspecified atom stereocenters. The first kappa shape index (κ1) is 19.2. The van der Waals surface area contributed by atoms with Crippen LogP contribution in [-0.4, -0.2) is 49.6 Å². The summed E-state index contributed by atoms with van der Waals surface area (Å²) >= 11 is 6.10. The Hall–Kier alpha value is -2.11. The van der Waals surface area contributed by atoms with Gasteiger partial charge in [0.15, 0.2) is 6.54 Å². The second-order valence-electron chi connectivity index (χ2n) is 7.74. The number of anilines is 1. The van der Waals surface area contributed by atoms with Crippen molar-refractivity contribution in [2.45, 2.75) is 25.4 Å². The summed E-state index contributed by atoms with van der Waals surface area (Å²) in [5.74, 6) is -0.0969. The van der Waals surface area contributed by atoms with Crippen molar-refractivity contribution in [2.75, 3.05) is 37.6 Å². The van der Waals surface area contributed by atoms with Gasteiger partial charge in [-0.15, -0.1) is 0 Å². The Kier molecular flexibility index (Phi) is 5.83. The summed E-state index contributed by atoms with van der Waals surface area (Å²) in [6.07, 6.45) is 2.05. The predicted molar refractivity (Wildman–Crippen MR) is 109 cm³/mol. The van der Waals surface area contributed by atoms with E-state index < -0.39 is 0 Å². The van der Waals surface area contributed by atoms with Crippen molar-refractivity contribution >= 4 is 23.2 Å². The van der Waals surface area contributed by atoms with E-state index in [-0.39, 0.29) is 17.8 Å². The highest BCUT2D eigenvalue weighted by Gasteiger charge is 2.35. The molecular formula is C22H26ClFN3O+. The molecule has 0 bridgehead atoms. The summed E-state index contributed by atoms with van der Waals surface area (Å²) in [6, 6.07) is 14.9. The number of nitrogens with zero attached hydrogens (tertiary/aromatic N) is 2. The van der Waals surface area contributed by atoms with E-state index in [1.807, 2.05) is 29.2 Å². The largest absolute Gasteiger partial charge is 0.360 e. The number of benzene rings is 2. The minimum atomic E-state index is -0.233. The van der Waals surface area contributed by atoms with E-state index >= 15 is 0 Å². The molecule has 1 saturated carbocycles. The lowest BCUT2D eigenvalue weighted by Crippen LogP contribution is -3.15. The third-order valence-electron chi connectivity index (χ3n) is 5.65. The average Bonchev–Trinajstić information content (AvgIpc) is 3.53. The Bertz CT molecular complexity index is 834. The van der Waals surface area contributed by atoms with Crippen molar-refractivity contribution < 1.29 is 14.1 Å². The second-order valence-corrected chi connectivity index (χ2v) is 8.17. The van der Waals surface area contributed by atoms with Gasteiger partial charge >= 0.3 is 0 Å². The van der Waals surface area contributed by atoms with Crippen molar-refractivity contribution in [1.29, 1.82) is 0 Å². The van der Waals surface area contributed by atoms with Crippen LogP contribution in [0.25, 0.3) is 0 Å². The zero-order valence-electron chi connectivity index (χ0n) is 15.9. The van der Waals surface area contributed by atoms with Crippen molar-refractivity contribution in [1.82, 2.24) is 4.90 Å². The van der Waals surface area contributed by atoms with Gasteiger partial charge < -0.3 is 14.7 Å². The minimum Gasteiger partial charge on any atom is -0.360 e. The van der Waals surface area contributed by atoms with E-state index in [0.717, 1.165) is 49.7 Å². The molecule has 6 heteroatoms. The van der Waals surface area contributed by atoms with E-state index in [1.165, 1.54) is 11.0 Å². The second kappa shape index (κ2) is 8.50. The highest BCUT2D eigenvalue weighted by atomic mass is 35.5. The molecule has 28 heavy (non-hydrogen) atoms. The number of halogens is 2. The first-order valence-corrected chi connectivity index (χ1v) is 10.3. The maximum Gasteiger partial charge on any atom is 0.278 e. The molecule has 4 rings (SSSR count). The van der Waals surface area contributed by atoms with Crippen LogP contribution in [0.2, 0.25) is 5.02 Å². The van der Waals surface area contributed by atoms with Gasteiger partial charge in [0.1, 0.15) is 5.82 Å². The molecule has 1 amide bonds. The highest BCUT2D eigenvalue weighted by Crippen LogP contribution is 2.28. The smallest absolute Gasteiger partial charge is 0.278 e. The van der Waals surface area contributed by atoms with E-state index in [1.54, 1.807) is 12.1 Å². The van der Waals surface area contributed by atoms with Gasteiger partial charge in [0.25, 0.3) is 5.91 Å². The lowest BCUT2D eigenvalue weighted by atomic mass is 10.2. The summed E-state index contributed by atoms with van der Waals surface area (Å²) in [5, 5.41) is 0.746. The lowest BCUT2D eigenvalue weighted by Gasteiger charge is -2.34. The monoisotopic (exact) mass is 402 g/mol. The minimum absolute atomic E-state index is 0.136. The average molecular weight is 403 g/mol. The molecule has 2 fully saturated rings. The van der Waals surface area contributed by atoms with E-state index in [2.05, 4.69) is 11.0 Å². The van der Waals surface area contributed by atoms with Gasteiger partial charge in [-0.2, -0.15) is 0 Å². The Morgan fingerprint density at radius 2 is 1.89 bits per heavy atom. The van der Waals surface area contributed by atoms with E-state index in [4.69, 9.17) is 11.6 Å². The van der Waals surface area contributed by atoms with Crippen LogP contribution in [0.3, 0.4) is 0 Å². The van der Waals surface area contributed by atoms with Gasteiger partial charge in [-0.25, -0.2) is 4.39 Å². The van der Waals surface area contributed by atoms with Crippen molar-refractivity contribution in [3.05, 3.63) is 64.9 Å². The summed E-state index contributed by atoms with van der Waals surface area (Å²) in [4.78, 5) is 18.5. The molecule has 4 nitrogen and oxygen atoms in total. The number of quaternary nitrogens is 1. The molecule has 0 aromatic heterocycles. The molecule has 0 spiro atoms. The van der Waals surface area contributed by atoms with Crippen LogP contribution < -0.4 is 9.80 Å². The van der Waals surface area contributed by atoms with Crippen molar-refractivity contribution in [3.8, 4) is 0 Å².